The predicted octanol–water partition coefficient (Wildman–Crippen LogP) is 7.39. The average molecular weight is 555 g/mol. The van der Waals surface area contributed by atoms with Gasteiger partial charge < -0.3 is 14.7 Å². The fourth-order valence-corrected chi connectivity index (χ4v) is 5.31. The molecule has 1 heterocycles. The highest BCUT2D eigenvalue weighted by molar-refractivity contribution is 6.42. The molecule has 1 amide bonds. The molecule has 200 valence electrons. The van der Waals surface area contributed by atoms with Crippen LogP contribution in [0.25, 0.3) is 0 Å². The zero-order valence-electron chi connectivity index (χ0n) is 21.8. The number of benzene rings is 3. The first-order valence-electron chi connectivity index (χ1n) is 13.0. The van der Waals surface area contributed by atoms with Crippen molar-refractivity contribution in [3.63, 3.8) is 0 Å². The van der Waals surface area contributed by atoms with Gasteiger partial charge in [0.15, 0.2) is 0 Å². The molecule has 38 heavy (non-hydrogen) atoms. The molecular weight excluding hydrogens is 521 g/mol. The smallest absolute Gasteiger partial charge is 0.305 e. The first-order valence-corrected chi connectivity index (χ1v) is 13.8. The fourth-order valence-electron chi connectivity index (χ4n) is 4.92. The van der Waals surface area contributed by atoms with E-state index in [-0.39, 0.29) is 18.9 Å². The highest BCUT2D eigenvalue weighted by Gasteiger charge is 2.36. The van der Waals surface area contributed by atoms with E-state index in [1.807, 2.05) is 43.3 Å². The normalized spacial score (nSPS) is 16.1. The molecule has 0 unspecified atom stereocenters. The Labute approximate surface area is 234 Å². The van der Waals surface area contributed by atoms with Crippen LogP contribution in [0.1, 0.15) is 65.7 Å². The van der Waals surface area contributed by atoms with Crippen molar-refractivity contribution in [2.45, 2.75) is 64.5 Å². The largest absolute Gasteiger partial charge is 0.487 e. The first kappa shape index (κ1) is 28.0. The standard InChI is InChI=1S/C31H33Cl2NO4/c1-3-4-6-21-9-11-22(12-10-21)20-34(16-15-28(35)36)30(37)23-13-14-27-25(17-23)19-31(2,38-27)18-24-7-5-8-26(32)29(24)33/h5,7-14,17H,3-4,6,15-16,18-20H2,1-2H3,(H,35,36)/t31-/m0/s1. The summed E-state index contributed by atoms with van der Waals surface area (Å²) < 4.78 is 6.30. The zero-order valence-corrected chi connectivity index (χ0v) is 23.3. The summed E-state index contributed by atoms with van der Waals surface area (Å²) in [6.45, 7) is 4.67. The Morgan fingerprint density at radius 3 is 2.50 bits per heavy atom. The van der Waals surface area contributed by atoms with E-state index in [2.05, 4.69) is 19.1 Å². The van der Waals surface area contributed by atoms with E-state index in [0.29, 0.717) is 35.0 Å². The summed E-state index contributed by atoms with van der Waals surface area (Å²) in [6, 6.07) is 19.2. The van der Waals surface area contributed by atoms with Crippen LogP contribution in [0.2, 0.25) is 10.0 Å². The van der Waals surface area contributed by atoms with E-state index in [1.165, 1.54) is 5.56 Å². The second-order valence-electron chi connectivity index (χ2n) is 10.2. The Balaban J connectivity index is 1.50. The molecular formula is C31H33Cl2NO4. The van der Waals surface area contributed by atoms with Crippen molar-refractivity contribution >= 4 is 35.1 Å². The van der Waals surface area contributed by atoms with Gasteiger partial charge in [-0.15, -0.1) is 0 Å². The van der Waals surface area contributed by atoms with E-state index < -0.39 is 11.6 Å². The van der Waals surface area contributed by atoms with Crippen LogP contribution >= 0.6 is 23.2 Å². The number of carbonyl (C=O) groups is 2. The summed E-state index contributed by atoms with van der Waals surface area (Å²) in [6.07, 6.45) is 4.36. The quantitative estimate of drug-likeness (QED) is 0.268. The van der Waals surface area contributed by atoms with Crippen molar-refractivity contribution in [2.24, 2.45) is 0 Å². The highest BCUT2D eigenvalue weighted by atomic mass is 35.5. The molecule has 7 heteroatoms. The number of unbranched alkanes of at least 4 members (excludes halogenated alkanes) is 1. The van der Waals surface area contributed by atoms with Crippen LogP contribution in [0.5, 0.6) is 5.75 Å². The van der Waals surface area contributed by atoms with Gasteiger partial charge in [0.1, 0.15) is 11.4 Å². The molecule has 0 aliphatic carbocycles. The monoisotopic (exact) mass is 553 g/mol. The lowest BCUT2D eigenvalue weighted by molar-refractivity contribution is -0.137. The summed E-state index contributed by atoms with van der Waals surface area (Å²) in [7, 11) is 0. The minimum absolute atomic E-state index is 0.118. The van der Waals surface area contributed by atoms with E-state index >= 15 is 0 Å². The van der Waals surface area contributed by atoms with Gasteiger partial charge in [0.05, 0.1) is 16.5 Å². The van der Waals surface area contributed by atoms with Crippen LogP contribution in [0.4, 0.5) is 0 Å². The van der Waals surface area contributed by atoms with Gasteiger partial charge in [-0.05, 0) is 66.3 Å². The van der Waals surface area contributed by atoms with Crippen LogP contribution < -0.4 is 4.74 Å². The Morgan fingerprint density at radius 2 is 1.79 bits per heavy atom. The summed E-state index contributed by atoms with van der Waals surface area (Å²) in [5.41, 5.74) is 4.07. The second-order valence-corrected chi connectivity index (χ2v) is 11.0. The Morgan fingerprint density at radius 1 is 1.05 bits per heavy atom. The number of carboxylic acid groups (broad SMARTS) is 1. The van der Waals surface area contributed by atoms with Gasteiger partial charge in [0, 0.05) is 31.5 Å². The second kappa shape index (κ2) is 12.2. The van der Waals surface area contributed by atoms with Crippen LogP contribution in [-0.2, 0) is 30.6 Å². The zero-order chi connectivity index (χ0) is 27.3. The minimum atomic E-state index is -0.935. The lowest BCUT2D eigenvalue weighted by Gasteiger charge is -2.24. The van der Waals surface area contributed by atoms with E-state index in [4.69, 9.17) is 27.9 Å². The lowest BCUT2D eigenvalue weighted by Crippen LogP contribution is -2.33. The number of nitrogens with zero attached hydrogens (tertiary/aromatic N) is 1. The highest BCUT2D eigenvalue weighted by Crippen LogP contribution is 2.39. The van der Waals surface area contributed by atoms with Crippen molar-refractivity contribution in [2.75, 3.05) is 6.54 Å². The van der Waals surface area contributed by atoms with Crippen molar-refractivity contribution in [1.29, 1.82) is 0 Å². The molecule has 0 saturated heterocycles. The maximum Gasteiger partial charge on any atom is 0.305 e. The summed E-state index contributed by atoms with van der Waals surface area (Å²) in [5, 5.41) is 10.3. The summed E-state index contributed by atoms with van der Waals surface area (Å²) in [4.78, 5) is 26.5. The molecule has 0 spiro atoms. The van der Waals surface area contributed by atoms with Crippen LogP contribution in [0.3, 0.4) is 0 Å². The molecule has 5 nitrogen and oxygen atoms in total. The number of aryl methyl sites for hydroxylation is 1. The maximum atomic E-state index is 13.6. The lowest BCUT2D eigenvalue weighted by atomic mass is 9.91. The first-order chi connectivity index (χ1) is 18.2. The number of amides is 1. The number of aliphatic carboxylic acids is 1. The van der Waals surface area contributed by atoms with Gasteiger partial charge in [-0.2, -0.15) is 0 Å². The third-order valence-corrected chi connectivity index (χ3v) is 7.78. The molecule has 0 aromatic heterocycles. The topological polar surface area (TPSA) is 66.8 Å². The fraction of sp³-hybridized carbons (Fsp3) is 0.355. The van der Waals surface area contributed by atoms with E-state index in [1.54, 1.807) is 17.0 Å². The summed E-state index contributed by atoms with van der Waals surface area (Å²) in [5.74, 6) is -0.395. The van der Waals surface area contributed by atoms with Crippen LogP contribution in [-0.4, -0.2) is 34.0 Å². The number of hydrogen-bond donors (Lipinski definition) is 1. The van der Waals surface area contributed by atoms with Gasteiger partial charge in [-0.25, -0.2) is 0 Å². The van der Waals surface area contributed by atoms with Crippen molar-refractivity contribution in [3.8, 4) is 5.75 Å². The predicted molar refractivity (Wildman–Crippen MR) is 151 cm³/mol. The molecule has 1 aliphatic heterocycles. The molecule has 0 bridgehead atoms. The molecule has 3 aromatic carbocycles. The number of hydrogen-bond acceptors (Lipinski definition) is 3. The molecule has 3 aromatic rings. The Hall–Kier alpha value is -3.02. The number of carboxylic acids is 1. The molecule has 0 fully saturated rings. The SMILES string of the molecule is CCCCc1ccc(CN(CCC(=O)O)C(=O)c2ccc3c(c2)C[C@](C)(Cc2cccc(Cl)c2Cl)O3)cc1. The molecule has 0 radical (unpaired) electrons. The average Bonchev–Trinajstić information content (AvgIpc) is 3.23. The van der Waals surface area contributed by atoms with Crippen molar-refractivity contribution < 1.29 is 19.4 Å². The van der Waals surface area contributed by atoms with Crippen molar-refractivity contribution in [3.05, 3.63) is 98.5 Å². The number of fused-ring (bicyclic) bond motifs is 1. The number of rotatable bonds is 11. The van der Waals surface area contributed by atoms with Gasteiger partial charge in [-0.1, -0.05) is 72.9 Å². The molecule has 1 N–H and O–H groups in total. The molecule has 4 rings (SSSR count). The van der Waals surface area contributed by atoms with Gasteiger partial charge >= 0.3 is 5.97 Å². The van der Waals surface area contributed by atoms with Crippen LogP contribution in [0, 0.1) is 0 Å². The third-order valence-electron chi connectivity index (χ3n) is 6.92. The van der Waals surface area contributed by atoms with Crippen LogP contribution in [0.15, 0.2) is 60.7 Å². The number of halogens is 2. The Bertz CT molecular complexity index is 1310. The Kier molecular flexibility index (Phi) is 9.01. The van der Waals surface area contributed by atoms with Crippen molar-refractivity contribution in [1.82, 2.24) is 4.90 Å². The molecule has 0 saturated carbocycles. The molecule has 1 aliphatic rings. The third kappa shape index (κ3) is 6.89. The maximum absolute atomic E-state index is 13.6. The minimum Gasteiger partial charge on any atom is -0.487 e. The van der Waals surface area contributed by atoms with Gasteiger partial charge in [0.25, 0.3) is 5.91 Å². The number of ether oxygens (including phenoxy) is 1. The van der Waals surface area contributed by atoms with Gasteiger partial charge in [0.2, 0.25) is 0 Å². The molecule has 1 atom stereocenters. The van der Waals surface area contributed by atoms with Gasteiger partial charge in [-0.3, -0.25) is 9.59 Å². The van der Waals surface area contributed by atoms with E-state index in [0.717, 1.165) is 41.7 Å². The summed E-state index contributed by atoms with van der Waals surface area (Å²) >= 11 is 12.6. The van der Waals surface area contributed by atoms with E-state index in [9.17, 15) is 14.7 Å². The number of carbonyl (C=O) groups excluding carboxylic acids is 1.